The average Bonchev–Trinajstić information content (AvgIpc) is 3.22. The standard InChI is InChI=1S/C22H29ClN6O2/c1-14-15(2)29-18-19(24-21(29)27(14)12-6-11-25(3)4)26(5)22(31)28(20(18)30)13-16-7-9-17(23)10-8-16/h7-10,18-19H,6,11-13H2,1-5H3. The number of halogens is 1. The van der Waals surface area contributed by atoms with Gasteiger partial charge in [0.05, 0.1) is 6.54 Å². The Hall–Kier alpha value is -2.58. The molecule has 0 radical (unpaired) electrons. The number of imide groups is 1. The fourth-order valence-electron chi connectivity index (χ4n) is 4.41. The Morgan fingerprint density at radius 3 is 2.39 bits per heavy atom. The predicted molar refractivity (Wildman–Crippen MR) is 120 cm³/mol. The summed E-state index contributed by atoms with van der Waals surface area (Å²) in [4.78, 5) is 40.6. The molecule has 3 aliphatic heterocycles. The summed E-state index contributed by atoms with van der Waals surface area (Å²) in [5.74, 6) is 0.550. The monoisotopic (exact) mass is 444 g/mol. The van der Waals surface area contributed by atoms with E-state index in [1.807, 2.05) is 24.0 Å². The van der Waals surface area contributed by atoms with E-state index in [4.69, 9.17) is 16.6 Å². The minimum atomic E-state index is -0.543. The fourth-order valence-corrected chi connectivity index (χ4v) is 4.54. The third-order valence-electron chi connectivity index (χ3n) is 6.24. The average molecular weight is 445 g/mol. The largest absolute Gasteiger partial charge is 0.328 e. The number of hydrogen-bond donors (Lipinski definition) is 0. The van der Waals surface area contributed by atoms with E-state index in [1.165, 1.54) is 4.90 Å². The van der Waals surface area contributed by atoms with Crippen molar-refractivity contribution in [2.75, 3.05) is 34.2 Å². The summed E-state index contributed by atoms with van der Waals surface area (Å²) < 4.78 is 0. The van der Waals surface area contributed by atoms with Crippen LogP contribution in [0.2, 0.25) is 5.02 Å². The van der Waals surface area contributed by atoms with Crippen molar-refractivity contribution in [2.45, 2.75) is 39.0 Å². The highest BCUT2D eigenvalue weighted by Crippen LogP contribution is 2.38. The van der Waals surface area contributed by atoms with Gasteiger partial charge in [-0.15, -0.1) is 0 Å². The van der Waals surface area contributed by atoms with Crippen molar-refractivity contribution in [1.82, 2.24) is 24.5 Å². The Balaban J connectivity index is 1.59. The van der Waals surface area contributed by atoms with Crippen molar-refractivity contribution in [3.05, 3.63) is 46.2 Å². The van der Waals surface area contributed by atoms with Crippen molar-refractivity contribution in [2.24, 2.45) is 4.99 Å². The molecule has 0 saturated carbocycles. The SMILES string of the molecule is CC1=C(C)N2C(=NC3C2C(=O)N(Cc2ccc(Cl)cc2)C(=O)N3C)N1CCCN(C)C. The summed E-state index contributed by atoms with van der Waals surface area (Å²) in [6.07, 6.45) is 0.460. The van der Waals surface area contributed by atoms with Crippen LogP contribution < -0.4 is 0 Å². The highest BCUT2D eigenvalue weighted by molar-refractivity contribution is 6.30. The molecule has 3 amide bonds. The highest BCUT2D eigenvalue weighted by atomic mass is 35.5. The van der Waals surface area contributed by atoms with Gasteiger partial charge in [-0.1, -0.05) is 23.7 Å². The number of guanidine groups is 1. The van der Waals surface area contributed by atoms with E-state index in [-0.39, 0.29) is 18.5 Å². The fraction of sp³-hybridized carbons (Fsp3) is 0.500. The zero-order valence-corrected chi connectivity index (χ0v) is 19.4. The van der Waals surface area contributed by atoms with Gasteiger partial charge in [-0.3, -0.25) is 14.6 Å². The topological polar surface area (TPSA) is 62.7 Å². The van der Waals surface area contributed by atoms with Crippen LogP contribution in [-0.2, 0) is 11.3 Å². The predicted octanol–water partition coefficient (Wildman–Crippen LogP) is 2.62. The van der Waals surface area contributed by atoms with Gasteiger partial charge in [0.25, 0.3) is 5.91 Å². The number of hydrogen-bond acceptors (Lipinski definition) is 6. The molecule has 0 aliphatic carbocycles. The van der Waals surface area contributed by atoms with Crippen molar-refractivity contribution >= 4 is 29.5 Å². The molecule has 4 rings (SSSR count). The molecule has 3 heterocycles. The minimum Gasteiger partial charge on any atom is -0.314 e. The lowest BCUT2D eigenvalue weighted by Crippen LogP contribution is -2.64. The lowest BCUT2D eigenvalue weighted by molar-refractivity contribution is -0.137. The van der Waals surface area contributed by atoms with E-state index < -0.39 is 12.2 Å². The number of benzene rings is 1. The van der Waals surface area contributed by atoms with Crippen LogP contribution in [0.5, 0.6) is 0 Å². The molecule has 2 unspecified atom stereocenters. The van der Waals surface area contributed by atoms with Gasteiger partial charge >= 0.3 is 6.03 Å². The molecule has 1 aromatic carbocycles. The van der Waals surface area contributed by atoms with E-state index in [2.05, 4.69) is 30.8 Å². The number of carbonyl (C=O) groups excluding carboxylic acids is 2. The first-order valence-corrected chi connectivity index (χ1v) is 10.9. The smallest absolute Gasteiger partial charge is 0.314 e. The first-order valence-electron chi connectivity index (χ1n) is 10.5. The van der Waals surface area contributed by atoms with Gasteiger partial charge in [0, 0.05) is 30.0 Å². The molecule has 1 fully saturated rings. The highest BCUT2D eigenvalue weighted by Gasteiger charge is 2.55. The Labute approximate surface area is 188 Å². The van der Waals surface area contributed by atoms with Gasteiger partial charge < -0.3 is 14.7 Å². The van der Waals surface area contributed by atoms with Gasteiger partial charge in [0.2, 0.25) is 5.96 Å². The molecular formula is C22H29ClN6O2. The van der Waals surface area contributed by atoms with E-state index in [1.54, 1.807) is 24.1 Å². The van der Waals surface area contributed by atoms with Crippen LogP contribution in [-0.4, -0.2) is 88.8 Å². The van der Waals surface area contributed by atoms with E-state index in [0.29, 0.717) is 5.02 Å². The molecular weight excluding hydrogens is 416 g/mol. The van der Waals surface area contributed by atoms with Gasteiger partial charge in [0.1, 0.15) is 0 Å². The van der Waals surface area contributed by atoms with E-state index in [9.17, 15) is 9.59 Å². The number of amides is 3. The second-order valence-corrected chi connectivity index (χ2v) is 9.02. The molecule has 2 atom stereocenters. The normalized spacial score (nSPS) is 23.3. The second-order valence-electron chi connectivity index (χ2n) is 8.58. The Kier molecular flexibility index (Phi) is 5.70. The first-order chi connectivity index (χ1) is 14.7. The van der Waals surface area contributed by atoms with Crippen LogP contribution in [0.4, 0.5) is 4.79 Å². The van der Waals surface area contributed by atoms with Crippen LogP contribution >= 0.6 is 11.6 Å². The third-order valence-corrected chi connectivity index (χ3v) is 6.50. The van der Waals surface area contributed by atoms with Crippen LogP contribution in [0, 0.1) is 0 Å². The molecule has 0 bridgehead atoms. The summed E-state index contributed by atoms with van der Waals surface area (Å²) in [7, 11) is 5.83. The number of rotatable bonds is 6. The van der Waals surface area contributed by atoms with Crippen molar-refractivity contribution in [1.29, 1.82) is 0 Å². The van der Waals surface area contributed by atoms with Gasteiger partial charge in [0.15, 0.2) is 12.2 Å². The number of allylic oxidation sites excluding steroid dienone is 2. The quantitative estimate of drug-likeness (QED) is 0.675. The first kappa shape index (κ1) is 21.6. The molecule has 9 heteroatoms. The van der Waals surface area contributed by atoms with Gasteiger partial charge in [-0.25, -0.2) is 9.79 Å². The van der Waals surface area contributed by atoms with E-state index >= 15 is 0 Å². The van der Waals surface area contributed by atoms with Gasteiger partial charge in [-0.2, -0.15) is 0 Å². The molecule has 1 aromatic rings. The van der Waals surface area contributed by atoms with Crippen LogP contribution in [0.15, 0.2) is 40.7 Å². The number of likely N-dealkylation sites (N-methyl/N-ethyl adjacent to an activating group) is 1. The molecule has 0 N–H and O–H groups in total. The van der Waals surface area contributed by atoms with Crippen LogP contribution in [0.1, 0.15) is 25.8 Å². The van der Waals surface area contributed by atoms with Crippen LogP contribution in [0.25, 0.3) is 0 Å². The Morgan fingerprint density at radius 2 is 1.74 bits per heavy atom. The van der Waals surface area contributed by atoms with Crippen LogP contribution in [0.3, 0.4) is 0 Å². The molecule has 166 valence electrons. The number of urea groups is 1. The maximum Gasteiger partial charge on any atom is 0.328 e. The molecule has 31 heavy (non-hydrogen) atoms. The molecule has 0 spiro atoms. The van der Waals surface area contributed by atoms with Gasteiger partial charge in [-0.05, 0) is 58.6 Å². The Bertz CT molecular complexity index is 957. The second kappa shape index (κ2) is 8.16. The lowest BCUT2D eigenvalue weighted by Gasteiger charge is -2.40. The molecule has 3 aliphatic rings. The summed E-state index contributed by atoms with van der Waals surface area (Å²) in [6, 6.07) is 6.33. The number of fused-ring (bicyclic) bond motifs is 3. The van der Waals surface area contributed by atoms with Crippen molar-refractivity contribution in [3.8, 4) is 0 Å². The summed E-state index contributed by atoms with van der Waals surface area (Å²) in [5.41, 5.74) is 2.97. The summed E-state index contributed by atoms with van der Waals surface area (Å²) >= 11 is 5.98. The zero-order chi connectivity index (χ0) is 22.4. The zero-order valence-electron chi connectivity index (χ0n) is 18.7. The maximum absolute atomic E-state index is 13.5. The Morgan fingerprint density at radius 1 is 1.06 bits per heavy atom. The number of carbonyl (C=O) groups is 2. The van der Waals surface area contributed by atoms with Crippen molar-refractivity contribution < 1.29 is 9.59 Å². The summed E-state index contributed by atoms with van der Waals surface area (Å²) in [6.45, 7) is 6.08. The number of aliphatic imine (C=N–C) groups is 1. The number of nitrogens with zero attached hydrogens (tertiary/aromatic N) is 6. The molecule has 8 nitrogen and oxygen atoms in total. The molecule has 0 aromatic heterocycles. The lowest BCUT2D eigenvalue weighted by atomic mass is 10.1. The maximum atomic E-state index is 13.5. The third kappa shape index (κ3) is 3.68. The summed E-state index contributed by atoms with van der Waals surface area (Å²) in [5, 5.41) is 0.619. The minimum absolute atomic E-state index is 0.208. The van der Waals surface area contributed by atoms with E-state index in [0.717, 1.165) is 42.4 Å². The van der Waals surface area contributed by atoms with Crippen molar-refractivity contribution in [3.63, 3.8) is 0 Å². The molecule has 1 saturated heterocycles.